The van der Waals surface area contributed by atoms with Gasteiger partial charge in [-0.05, 0) is 32.0 Å². The Balaban J connectivity index is 2.71. The zero-order valence-electron chi connectivity index (χ0n) is 13.7. The van der Waals surface area contributed by atoms with Crippen LogP contribution in [0.1, 0.15) is 24.2 Å². The van der Waals surface area contributed by atoms with Crippen LogP contribution in [-0.2, 0) is 16.3 Å². The minimum Gasteiger partial charge on any atom is -0.285 e. The molecular weight excluding hydrogens is 377 g/mol. The van der Waals surface area contributed by atoms with Crippen LogP contribution in [0.3, 0.4) is 0 Å². The van der Waals surface area contributed by atoms with E-state index < -0.39 is 44.9 Å². The van der Waals surface area contributed by atoms with Crippen LogP contribution in [0.4, 0.5) is 13.2 Å². The molecule has 1 aromatic heterocycles. The molecule has 1 heterocycles. The predicted molar refractivity (Wildman–Crippen MR) is 87.2 cm³/mol. The molecule has 2 aromatic rings. The average molecular weight is 392 g/mol. The monoisotopic (exact) mass is 392 g/mol. The SMILES string of the molecule is Cc1cc(=O)n([C@H](C)CS(=O)(=O)O)c(=O)n1-c1cccc(C(F)(F)F)c1. The molecule has 0 saturated heterocycles. The summed E-state index contributed by atoms with van der Waals surface area (Å²) in [5.74, 6) is -0.895. The highest BCUT2D eigenvalue weighted by Crippen LogP contribution is 2.30. The van der Waals surface area contributed by atoms with Crippen LogP contribution >= 0.6 is 0 Å². The van der Waals surface area contributed by atoms with Gasteiger partial charge in [-0.1, -0.05) is 6.07 Å². The largest absolute Gasteiger partial charge is 0.416 e. The highest BCUT2D eigenvalue weighted by Gasteiger charge is 2.31. The molecule has 0 aliphatic rings. The quantitative estimate of drug-likeness (QED) is 0.800. The van der Waals surface area contributed by atoms with E-state index in [-0.39, 0.29) is 11.4 Å². The van der Waals surface area contributed by atoms with Gasteiger partial charge >= 0.3 is 11.9 Å². The molecule has 7 nitrogen and oxygen atoms in total. The van der Waals surface area contributed by atoms with Crippen molar-refractivity contribution >= 4 is 10.1 Å². The van der Waals surface area contributed by atoms with Crippen molar-refractivity contribution in [3.05, 3.63) is 62.4 Å². The second kappa shape index (κ2) is 6.72. The van der Waals surface area contributed by atoms with Crippen LogP contribution in [0.5, 0.6) is 0 Å². The molecule has 26 heavy (non-hydrogen) atoms. The summed E-state index contributed by atoms with van der Waals surface area (Å²) in [6, 6.07) is 3.73. The first-order valence-electron chi connectivity index (χ1n) is 7.29. The molecule has 0 amide bonds. The number of benzene rings is 1. The summed E-state index contributed by atoms with van der Waals surface area (Å²) in [5, 5.41) is 0. The van der Waals surface area contributed by atoms with Crippen LogP contribution in [0, 0.1) is 6.92 Å². The van der Waals surface area contributed by atoms with E-state index in [1.54, 1.807) is 0 Å². The van der Waals surface area contributed by atoms with E-state index in [1.807, 2.05) is 0 Å². The number of halogens is 3. The van der Waals surface area contributed by atoms with Gasteiger partial charge in [0.2, 0.25) is 0 Å². The number of alkyl halides is 3. The lowest BCUT2D eigenvalue weighted by atomic mass is 10.2. The molecule has 0 radical (unpaired) electrons. The van der Waals surface area contributed by atoms with E-state index in [4.69, 9.17) is 4.55 Å². The van der Waals surface area contributed by atoms with Crippen LogP contribution in [0.15, 0.2) is 39.9 Å². The summed E-state index contributed by atoms with van der Waals surface area (Å²) in [6.07, 6.45) is -4.62. The van der Waals surface area contributed by atoms with Crippen LogP contribution in [0.25, 0.3) is 5.69 Å². The molecule has 0 saturated carbocycles. The molecule has 0 bridgehead atoms. The van der Waals surface area contributed by atoms with Gasteiger partial charge in [0.25, 0.3) is 15.7 Å². The molecule has 1 N–H and O–H groups in total. The molecule has 142 valence electrons. The lowest BCUT2D eigenvalue weighted by molar-refractivity contribution is -0.137. The van der Waals surface area contributed by atoms with E-state index >= 15 is 0 Å². The van der Waals surface area contributed by atoms with Gasteiger partial charge in [-0.15, -0.1) is 0 Å². The fourth-order valence-electron chi connectivity index (χ4n) is 2.59. The first kappa shape index (κ1) is 19.9. The van der Waals surface area contributed by atoms with Crippen molar-refractivity contribution < 1.29 is 26.1 Å². The first-order chi connectivity index (χ1) is 11.8. The highest BCUT2D eigenvalue weighted by molar-refractivity contribution is 7.85. The Morgan fingerprint density at radius 1 is 1.19 bits per heavy atom. The smallest absolute Gasteiger partial charge is 0.285 e. The molecule has 0 aliphatic carbocycles. The van der Waals surface area contributed by atoms with Gasteiger partial charge in [0, 0.05) is 11.8 Å². The molecule has 11 heteroatoms. The molecule has 0 unspecified atom stereocenters. The number of hydrogen-bond acceptors (Lipinski definition) is 4. The summed E-state index contributed by atoms with van der Waals surface area (Å²) < 4.78 is 71.1. The molecule has 1 aromatic carbocycles. The zero-order valence-corrected chi connectivity index (χ0v) is 14.5. The van der Waals surface area contributed by atoms with Crippen molar-refractivity contribution in [3.8, 4) is 5.69 Å². The van der Waals surface area contributed by atoms with Gasteiger partial charge in [-0.3, -0.25) is 18.5 Å². The van der Waals surface area contributed by atoms with Crippen LogP contribution in [-0.4, -0.2) is 27.9 Å². The Kier molecular flexibility index (Phi) is 5.15. The Morgan fingerprint density at radius 2 is 1.81 bits per heavy atom. The van der Waals surface area contributed by atoms with E-state index in [0.717, 1.165) is 28.8 Å². The number of nitrogens with zero attached hydrogens (tertiary/aromatic N) is 2. The van der Waals surface area contributed by atoms with Gasteiger partial charge in [-0.25, -0.2) is 4.79 Å². The number of hydrogen-bond donors (Lipinski definition) is 1. The number of aryl methyl sites for hydroxylation is 1. The Bertz CT molecular complexity index is 1050. The second-order valence-corrected chi connectivity index (χ2v) is 7.25. The maximum Gasteiger partial charge on any atom is 0.416 e. The first-order valence-corrected chi connectivity index (χ1v) is 8.90. The zero-order chi connectivity index (χ0) is 19.9. The van der Waals surface area contributed by atoms with E-state index in [1.165, 1.54) is 19.9 Å². The van der Waals surface area contributed by atoms with Gasteiger partial charge < -0.3 is 0 Å². The summed E-state index contributed by atoms with van der Waals surface area (Å²) in [5.41, 5.74) is -2.87. The summed E-state index contributed by atoms with van der Waals surface area (Å²) in [7, 11) is -4.48. The Labute approximate surface area is 146 Å². The van der Waals surface area contributed by atoms with E-state index in [0.29, 0.717) is 4.57 Å². The number of aromatic nitrogens is 2. The number of rotatable bonds is 4. The van der Waals surface area contributed by atoms with Gasteiger partial charge in [-0.2, -0.15) is 21.6 Å². The molecule has 1 atom stereocenters. The molecule has 0 spiro atoms. The lowest BCUT2D eigenvalue weighted by Crippen LogP contribution is -2.43. The van der Waals surface area contributed by atoms with Crippen molar-refractivity contribution in [2.75, 3.05) is 5.75 Å². The second-order valence-electron chi connectivity index (χ2n) is 5.76. The Hall–Kier alpha value is -2.40. The normalized spacial score (nSPS) is 13.6. The van der Waals surface area contributed by atoms with Gasteiger partial charge in [0.05, 0.1) is 23.0 Å². The van der Waals surface area contributed by atoms with Gasteiger partial charge in [0.15, 0.2) is 0 Å². The minimum absolute atomic E-state index is 0.0784. The van der Waals surface area contributed by atoms with Crippen LogP contribution < -0.4 is 11.2 Å². The van der Waals surface area contributed by atoms with E-state index in [9.17, 15) is 31.2 Å². The lowest BCUT2D eigenvalue weighted by Gasteiger charge is -2.18. The molecular formula is C15H15F3N2O5S. The van der Waals surface area contributed by atoms with Gasteiger partial charge in [0.1, 0.15) is 0 Å². The molecule has 2 rings (SSSR count). The van der Waals surface area contributed by atoms with Crippen molar-refractivity contribution in [1.82, 2.24) is 9.13 Å². The van der Waals surface area contributed by atoms with Crippen molar-refractivity contribution in [1.29, 1.82) is 0 Å². The third-order valence-electron chi connectivity index (χ3n) is 3.64. The summed E-state index contributed by atoms with van der Waals surface area (Å²) >= 11 is 0. The maximum absolute atomic E-state index is 12.9. The van der Waals surface area contributed by atoms with Crippen LogP contribution in [0.2, 0.25) is 0 Å². The topological polar surface area (TPSA) is 98.4 Å². The molecule has 0 fully saturated rings. The Morgan fingerprint density at radius 3 is 2.35 bits per heavy atom. The standard InChI is InChI=1S/C15H15F3N2O5S/c1-9-6-13(21)20(10(2)8-26(23,24)25)14(22)19(9)12-5-3-4-11(7-12)15(16,17)18/h3-7,10H,8H2,1-2H3,(H,23,24,25)/t10-/m1/s1. The highest BCUT2D eigenvalue weighted by atomic mass is 32.2. The van der Waals surface area contributed by atoms with Crippen molar-refractivity contribution in [2.24, 2.45) is 0 Å². The fourth-order valence-corrected chi connectivity index (χ4v) is 3.34. The predicted octanol–water partition coefficient (Wildman–Crippen LogP) is 1.78. The molecule has 0 aliphatic heterocycles. The summed E-state index contributed by atoms with van der Waals surface area (Å²) in [6.45, 7) is 2.59. The van der Waals surface area contributed by atoms with E-state index in [2.05, 4.69) is 0 Å². The third-order valence-corrected chi connectivity index (χ3v) is 4.55. The average Bonchev–Trinajstić information content (AvgIpc) is 2.44. The fraction of sp³-hybridized carbons (Fsp3) is 0.333. The third kappa shape index (κ3) is 4.22. The maximum atomic E-state index is 12.9. The summed E-state index contributed by atoms with van der Waals surface area (Å²) in [4.78, 5) is 24.8. The minimum atomic E-state index is -4.62. The van der Waals surface area contributed by atoms with Crippen molar-refractivity contribution in [3.63, 3.8) is 0 Å². The van der Waals surface area contributed by atoms with Crippen molar-refractivity contribution in [2.45, 2.75) is 26.1 Å².